The van der Waals surface area contributed by atoms with E-state index in [0.717, 1.165) is 24.7 Å². The quantitative estimate of drug-likeness (QED) is 0.670. The molecule has 1 spiro atoms. The molecule has 3 aromatic rings. The molecular weight excluding hydrogens is 378 g/mol. The Labute approximate surface area is 175 Å². The van der Waals surface area contributed by atoms with E-state index in [1.54, 1.807) is 0 Å². The lowest BCUT2D eigenvalue weighted by atomic mass is 9.88. The molecule has 2 aliphatic heterocycles. The van der Waals surface area contributed by atoms with Crippen LogP contribution >= 0.6 is 0 Å². The summed E-state index contributed by atoms with van der Waals surface area (Å²) in [5.41, 5.74) is 3.42. The number of rotatable bonds is 3. The zero-order valence-electron chi connectivity index (χ0n) is 17.3. The van der Waals surface area contributed by atoms with Crippen LogP contribution in [0.4, 0.5) is 5.69 Å². The Kier molecular flexibility index (Phi) is 3.67. The smallest absolute Gasteiger partial charge is 0.259 e. The molecule has 154 valence electrons. The van der Waals surface area contributed by atoms with E-state index in [1.807, 2.05) is 31.0 Å². The Hall–Kier alpha value is -3.09. The Balaban J connectivity index is 1.44. The molecule has 1 aliphatic carbocycles. The fourth-order valence-corrected chi connectivity index (χ4v) is 5.27. The number of anilines is 1. The van der Waals surface area contributed by atoms with Crippen molar-refractivity contribution in [3.05, 3.63) is 59.4 Å². The van der Waals surface area contributed by atoms with E-state index in [0.29, 0.717) is 30.1 Å². The van der Waals surface area contributed by atoms with Gasteiger partial charge in [0.2, 0.25) is 0 Å². The topological polar surface area (TPSA) is 67.4 Å². The molecule has 1 saturated heterocycles. The monoisotopic (exact) mass is 403 g/mol. The number of hydrogen-bond donors (Lipinski definition) is 0. The van der Waals surface area contributed by atoms with Crippen LogP contribution in [0.5, 0.6) is 0 Å². The molecule has 30 heavy (non-hydrogen) atoms. The van der Waals surface area contributed by atoms with Crippen molar-refractivity contribution < 1.29 is 9.32 Å². The number of aryl methyl sites for hydroxylation is 2. The maximum atomic E-state index is 13.4. The number of aromatic nitrogens is 3. The lowest BCUT2D eigenvalue weighted by molar-refractivity contribution is 0.0779. The molecule has 0 radical (unpaired) electrons. The predicted molar refractivity (Wildman–Crippen MR) is 112 cm³/mol. The molecule has 0 bridgehead atoms. The standard InChI is InChI=1S/C23H25N5O2/c1-15-20(16(2)30-25-15)22(29)26-12-9-23(14-26)19-6-4-11-27(19)21-18(5-3-10-24-21)28(23)13-17-7-8-17/h3-6,10-11,17H,7-9,12-14H2,1-2H3. The molecule has 1 saturated carbocycles. The number of amides is 1. The summed E-state index contributed by atoms with van der Waals surface area (Å²) in [6, 6.07) is 8.48. The van der Waals surface area contributed by atoms with Crippen LogP contribution < -0.4 is 4.90 Å². The minimum absolute atomic E-state index is 0.0181. The molecule has 1 amide bonds. The lowest BCUT2D eigenvalue weighted by Crippen LogP contribution is -2.53. The molecule has 3 aromatic heterocycles. The van der Waals surface area contributed by atoms with Gasteiger partial charge in [0.25, 0.3) is 5.91 Å². The van der Waals surface area contributed by atoms with Gasteiger partial charge in [0.05, 0.1) is 17.1 Å². The van der Waals surface area contributed by atoms with E-state index in [1.165, 1.54) is 24.2 Å². The molecule has 6 rings (SSSR count). The molecule has 3 aliphatic rings. The van der Waals surface area contributed by atoms with Crippen molar-refractivity contribution in [2.45, 2.75) is 38.6 Å². The molecule has 1 atom stereocenters. The molecule has 1 unspecified atom stereocenters. The van der Waals surface area contributed by atoms with Crippen LogP contribution in [-0.2, 0) is 5.54 Å². The SMILES string of the molecule is Cc1noc(C)c1C(=O)N1CCC2(C1)c1cccn1-c1ncccc1N2CC1CC1. The van der Waals surface area contributed by atoms with Crippen LogP contribution in [0.3, 0.4) is 0 Å². The molecule has 2 fully saturated rings. The van der Waals surface area contributed by atoms with Crippen LogP contribution in [0.1, 0.15) is 46.8 Å². The summed E-state index contributed by atoms with van der Waals surface area (Å²) in [4.78, 5) is 22.6. The van der Waals surface area contributed by atoms with Crippen molar-refractivity contribution in [3.63, 3.8) is 0 Å². The predicted octanol–water partition coefficient (Wildman–Crippen LogP) is 3.45. The summed E-state index contributed by atoms with van der Waals surface area (Å²) in [5, 5.41) is 3.99. The van der Waals surface area contributed by atoms with Crippen molar-refractivity contribution in [2.75, 3.05) is 24.5 Å². The lowest BCUT2D eigenvalue weighted by Gasteiger charge is -2.47. The Morgan fingerprint density at radius 1 is 1.27 bits per heavy atom. The van der Waals surface area contributed by atoms with Crippen molar-refractivity contribution >= 4 is 11.6 Å². The first-order valence-electron chi connectivity index (χ1n) is 10.7. The maximum absolute atomic E-state index is 13.4. The van der Waals surface area contributed by atoms with Gasteiger partial charge in [-0.2, -0.15) is 0 Å². The summed E-state index contributed by atoms with van der Waals surface area (Å²) >= 11 is 0. The number of hydrogen-bond acceptors (Lipinski definition) is 5. The van der Waals surface area contributed by atoms with Gasteiger partial charge in [-0.05, 0) is 63.3 Å². The highest BCUT2D eigenvalue weighted by Crippen LogP contribution is 2.49. The van der Waals surface area contributed by atoms with Crippen molar-refractivity contribution in [1.29, 1.82) is 0 Å². The summed E-state index contributed by atoms with van der Waals surface area (Å²) < 4.78 is 7.48. The normalized spacial score (nSPS) is 22.5. The highest BCUT2D eigenvalue weighted by atomic mass is 16.5. The molecule has 5 heterocycles. The van der Waals surface area contributed by atoms with Crippen LogP contribution in [0.15, 0.2) is 41.2 Å². The summed E-state index contributed by atoms with van der Waals surface area (Å²) in [5.74, 6) is 2.32. The first kappa shape index (κ1) is 17.7. The van der Waals surface area contributed by atoms with Crippen molar-refractivity contribution in [2.24, 2.45) is 5.92 Å². The average Bonchev–Trinajstić information content (AvgIpc) is 3.14. The fourth-order valence-electron chi connectivity index (χ4n) is 5.27. The minimum Gasteiger partial charge on any atom is -0.361 e. The summed E-state index contributed by atoms with van der Waals surface area (Å²) in [6.07, 6.45) is 7.41. The van der Waals surface area contributed by atoms with E-state index in [9.17, 15) is 4.79 Å². The van der Waals surface area contributed by atoms with E-state index in [4.69, 9.17) is 9.51 Å². The van der Waals surface area contributed by atoms with E-state index in [2.05, 4.69) is 39.0 Å². The highest BCUT2D eigenvalue weighted by Gasteiger charge is 2.52. The highest BCUT2D eigenvalue weighted by molar-refractivity contribution is 5.96. The molecule has 0 N–H and O–H groups in total. The Morgan fingerprint density at radius 3 is 2.90 bits per heavy atom. The van der Waals surface area contributed by atoms with Crippen LogP contribution in [0.2, 0.25) is 0 Å². The Bertz CT molecular complexity index is 1120. The number of likely N-dealkylation sites (tertiary alicyclic amines) is 1. The second kappa shape index (κ2) is 6.20. The molecule has 7 nitrogen and oxygen atoms in total. The zero-order valence-corrected chi connectivity index (χ0v) is 17.3. The first-order valence-corrected chi connectivity index (χ1v) is 10.7. The van der Waals surface area contributed by atoms with Gasteiger partial charge in [-0.25, -0.2) is 4.98 Å². The molecule has 7 heteroatoms. The zero-order chi connectivity index (χ0) is 20.5. The van der Waals surface area contributed by atoms with Gasteiger partial charge in [-0.1, -0.05) is 5.16 Å². The third-order valence-electron chi connectivity index (χ3n) is 6.95. The van der Waals surface area contributed by atoms with Gasteiger partial charge < -0.3 is 18.9 Å². The summed E-state index contributed by atoms with van der Waals surface area (Å²) in [7, 11) is 0. The van der Waals surface area contributed by atoms with Gasteiger partial charge >= 0.3 is 0 Å². The third kappa shape index (κ3) is 2.41. The number of carbonyl (C=O) groups excluding carboxylic acids is 1. The van der Waals surface area contributed by atoms with Gasteiger partial charge in [0.15, 0.2) is 5.82 Å². The van der Waals surface area contributed by atoms with E-state index >= 15 is 0 Å². The number of nitrogens with zero attached hydrogens (tertiary/aromatic N) is 5. The second-order valence-corrected chi connectivity index (χ2v) is 8.87. The number of carbonyl (C=O) groups is 1. The first-order chi connectivity index (χ1) is 14.6. The second-order valence-electron chi connectivity index (χ2n) is 8.87. The third-order valence-corrected chi connectivity index (χ3v) is 6.95. The number of fused-ring (bicyclic) bond motifs is 4. The van der Waals surface area contributed by atoms with Gasteiger partial charge in [0, 0.05) is 32.0 Å². The van der Waals surface area contributed by atoms with Gasteiger partial charge in [-0.3, -0.25) is 4.79 Å². The van der Waals surface area contributed by atoms with E-state index < -0.39 is 0 Å². The van der Waals surface area contributed by atoms with Crippen LogP contribution in [0.25, 0.3) is 5.82 Å². The average molecular weight is 403 g/mol. The maximum Gasteiger partial charge on any atom is 0.259 e. The van der Waals surface area contributed by atoms with E-state index in [-0.39, 0.29) is 11.4 Å². The fraction of sp³-hybridized carbons (Fsp3) is 0.435. The van der Waals surface area contributed by atoms with Crippen LogP contribution in [0, 0.1) is 19.8 Å². The summed E-state index contributed by atoms with van der Waals surface area (Å²) in [6.45, 7) is 6.03. The molecular formula is C23H25N5O2. The minimum atomic E-state index is -0.239. The number of pyridine rings is 1. The van der Waals surface area contributed by atoms with Crippen molar-refractivity contribution in [3.8, 4) is 5.82 Å². The Morgan fingerprint density at radius 2 is 2.13 bits per heavy atom. The largest absolute Gasteiger partial charge is 0.361 e. The van der Waals surface area contributed by atoms with Gasteiger partial charge in [0.1, 0.15) is 16.9 Å². The molecule has 0 aromatic carbocycles. The van der Waals surface area contributed by atoms with Crippen molar-refractivity contribution in [1.82, 2.24) is 19.6 Å². The van der Waals surface area contributed by atoms with Gasteiger partial charge in [-0.15, -0.1) is 0 Å². The van der Waals surface area contributed by atoms with Crippen LogP contribution in [-0.4, -0.2) is 45.1 Å².